The van der Waals surface area contributed by atoms with Crippen molar-refractivity contribution in [2.75, 3.05) is 0 Å². The maximum atomic E-state index is 12.0. The molecule has 1 aliphatic carbocycles. The van der Waals surface area contributed by atoms with Gasteiger partial charge in [0.2, 0.25) is 0 Å². The largest absolute Gasteiger partial charge is 0.303 e. The van der Waals surface area contributed by atoms with Gasteiger partial charge in [0.15, 0.2) is 0 Å². The number of nitrogens with one attached hydrogen (secondary N) is 2. The second-order valence-electron chi connectivity index (χ2n) is 5.70. The number of allylic oxidation sites excluding steroid dienone is 2. The van der Waals surface area contributed by atoms with Gasteiger partial charge in [-0.15, -0.1) is 0 Å². The summed E-state index contributed by atoms with van der Waals surface area (Å²) in [6, 6.07) is 17.4. The van der Waals surface area contributed by atoms with Crippen LogP contribution in [0.4, 0.5) is 0 Å². The number of carbonyl (C=O) groups excluding carboxylic acids is 1. The van der Waals surface area contributed by atoms with Gasteiger partial charge in [0.1, 0.15) is 0 Å². The maximum Gasteiger partial charge on any atom is 0.269 e. The lowest BCUT2D eigenvalue weighted by Gasteiger charge is -2.23. The predicted octanol–water partition coefficient (Wildman–Crippen LogP) is 4.43. The Morgan fingerprint density at radius 1 is 1.04 bits per heavy atom. The number of halogens is 1. The Bertz CT molecular complexity index is 695. The average molecular weight is 327 g/mol. The zero-order valence-electron chi connectivity index (χ0n) is 12.8. The topological polar surface area (TPSA) is 41.1 Å². The number of rotatable bonds is 4. The van der Waals surface area contributed by atoms with Crippen molar-refractivity contribution in [3.05, 3.63) is 82.5 Å². The minimum Gasteiger partial charge on any atom is -0.303 e. The Labute approximate surface area is 141 Å². The van der Waals surface area contributed by atoms with E-state index in [2.05, 4.69) is 41.2 Å². The minimum absolute atomic E-state index is 0.159. The molecule has 1 unspecified atom stereocenters. The summed E-state index contributed by atoms with van der Waals surface area (Å²) in [4.78, 5) is 12.0. The van der Waals surface area contributed by atoms with Crippen LogP contribution in [-0.2, 0) is 0 Å². The summed E-state index contributed by atoms with van der Waals surface area (Å²) in [6.45, 7) is 0. The molecule has 0 spiro atoms. The van der Waals surface area contributed by atoms with E-state index in [9.17, 15) is 4.79 Å². The van der Waals surface area contributed by atoms with Crippen LogP contribution in [0.3, 0.4) is 0 Å². The van der Waals surface area contributed by atoms with Gasteiger partial charge >= 0.3 is 0 Å². The van der Waals surface area contributed by atoms with Crippen molar-refractivity contribution in [3.8, 4) is 0 Å². The van der Waals surface area contributed by atoms with Crippen LogP contribution in [0.2, 0.25) is 5.02 Å². The monoisotopic (exact) mass is 326 g/mol. The van der Waals surface area contributed by atoms with Gasteiger partial charge in [0.25, 0.3) is 5.91 Å². The Morgan fingerprint density at radius 2 is 1.78 bits per heavy atom. The van der Waals surface area contributed by atoms with E-state index in [0.717, 1.165) is 25.0 Å². The first-order valence-corrected chi connectivity index (χ1v) is 8.16. The van der Waals surface area contributed by atoms with Crippen molar-refractivity contribution >= 4 is 17.5 Å². The van der Waals surface area contributed by atoms with Gasteiger partial charge < -0.3 is 5.43 Å². The number of hydrogen-bond acceptors (Lipinski definition) is 2. The summed E-state index contributed by atoms with van der Waals surface area (Å²) in [7, 11) is 0. The van der Waals surface area contributed by atoms with Crippen LogP contribution in [0.25, 0.3) is 0 Å². The first-order chi connectivity index (χ1) is 11.2. The summed E-state index contributed by atoms with van der Waals surface area (Å²) in [6.07, 6.45) is 5.17. The highest BCUT2D eigenvalue weighted by Crippen LogP contribution is 2.30. The molecule has 0 saturated carbocycles. The van der Waals surface area contributed by atoms with E-state index in [1.807, 2.05) is 6.07 Å². The summed E-state index contributed by atoms with van der Waals surface area (Å²) in [5, 5.41) is 0.622. The standard InChI is InChI=1S/C19H19ClN2O/c20-17-10-6-16(7-11-17)19(23)22-21-18-12-8-15(9-13-18)14-4-2-1-3-5-14/h1-7,10-12,15,21H,8-9,13H2,(H,22,23). The van der Waals surface area contributed by atoms with E-state index in [4.69, 9.17) is 11.6 Å². The smallest absolute Gasteiger partial charge is 0.269 e. The average Bonchev–Trinajstić information content (AvgIpc) is 2.61. The van der Waals surface area contributed by atoms with E-state index >= 15 is 0 Å². The number of benzene rings is 2. The molecule has 3 nitrogen and oxygen atoms in total. The molecule has 2 aromatic carbocycles. The van der Waals surface area contributed by atoms with Gasteiger partial charge in [0.05, 0.1) is 0 Å². The van der Waals surface area contributed by atoms with Crippen molar-refractivity contribution in [2.24, 2.45) is 0 Å². The summed E-state index contributed by atoms with van der Waals surface area (Å²) in [5.41, 5.74) is 8.81. The lowest BCUT2D eigenvalue weighted by molar-refractivity contribution is 0.0938. The lowest BCUT2D eigenvalue weighted by atomic mass is 9.87. The molecule has 1 amide bonds. The van der Waals surface area contributed by atoms with E-state index in [1.54, 1.807) is 24.3 Å². The van der Waals surface area contributed by atoms with Crippen molar-refractivity contribution in [3.63, 3.8) is 0 Å². The van der Waals surface area contributed by atoms with Gasteiger partial charge in [-0.05, 0) is 55.0 Å². The fourth-order valence-corrected chi connectivity index (χ4v) is 2.91. The molecule has 23 heavy (non-hydrogen) atoms. The maximum absolute atomic E-state index is 12.0. The molecule has 4 heteroatoms. The fourth-order valence-electron chi connectivity index (χ4n) is 2.79. The van der Waals surface area contributed by atoms with Crippen LogP contribution in [0, 0.1) is 0 Å². The normalized spacial score (nSPS) is 17.3. The van der Waals surface area contributed by atoms with Gasteiger partial charge in [-0.25, -0.2) is 0 Å². The number of carbonyl (C=O) groups is 1. The predicted molar refractivity (Wildman–Crippen MR) is 93.2 cm³/mol. The van der Waals surface area contributed by atoms with Crippen molar-refractivity contribution in [2.45, 2.75) is 25.2 Å². The molecule has 0 aromatic heterocycles. The van der Waals surface area contributed by atoms with Gasteiger partial charge in [-0.1, -0.05) is 48.0 Å². The van der Waals surface area contributed by atoms with Crippen LogP contribution in [-0.4, -0.2) is 5.91 Å². The zero-order valence-corrected chi connectivity index (χ0v) is 13.5. The molecule has 0 heterocycles. The molecular formula is C19H19ClN2O. The van der Waals surface area contributed by atoms with Crippen LogP contribution >= 0.6 is 11.6 Å². The third kappa shape index (κ3) is 4.14. The Morgan fingerprint density at radius 3 is 2.43 bits per heavy atom. The zero-order chi connectivity index (χ0) is 16.1. The second kappa shape index (κ2) is 7.34. The Balaban J connectivity index is 1.53. The minimum atomic E-state index is -0.159. The second-order valence-corrected chi connectivity index (χ2v) is 6.13. The van der Waals surface area contributed by atoms with Gasteiger partial charge in [-0.2, -0.15) is 0 Å². The first-order valence-electron chi connectivity index (χ1n) is 7.78. The summed E-state index contributed by atoms with van der Waals surface area (Å²) < 4.78 is 0. The van der Waals surface area contributed by atoms with E-state index < -0.39 is 0 Å². The highest BCUT2D eigenvalue weighted by Gasteiger charge is 2.16. The third-order valence-corrected chi connectivity index (χ3v) is 4.38. The van der Waals surface area contributed by atoms with E-state index in [-0.39, 0.29) is 5.91 Å². The first kappa shape index (κ1) is 15.6. The molecule has 3 rings (SSSR count). The highest BCUT2D eigenvalue weighted by atomic mass is 35.5. The number of amides is 1. The molecule has 0 radical (unpaired) electrons. The van der Waals surface area contributed by atoms with Crippen LogP contribution in [0.1, 0.15) is 41.1 Å². The number of hydrazine groups is 1. The molecule has 0 saturated heterocycles. The molecule has 0 aliphatic heterocycles. The Hall–Kier alpha value is -2.26. The third-order valence-electron chi connectivity index (χ3n) is 4.12. The molecule has 2 aromatic rings. The van der Waals surface area contributed by atoms with Crippen molar-refractivity contribution in [1.29, 1.82) is 0 Å². The molecule has 1 atom stereocenters. The van der Waals surface area contributed by atoms with Crippen LogP contribution < -0.4 is 10.9 Å². The van der Waals surface area contributed by atoms with Crippen LogP contribution in [0.15, 0.2) is 66.4 Å². The van der Waals surface area contributed by atoms with Crippen molar-refractivity contribution < 1.29 is 4.79 Å². The summed E-state index contributed by atoms with van der Waals surface area (Å²) >= 11 is 5.82. The van der Waals surface area contributed by atoms with E-state index in [0.29, 0.717) is 16.5 Å². The fraction of sp³-hybridized carbons (Fsp3) is 0.211. The molecule has 0 bridgehead atoms. The van der Waals surface area contributed by atoms with Gasteiger partial charge in [0, 0.05) is 16.3 Å². The number of hydrogen-bond donors (Lipinski definition) is 2. The molecule has 0 fully saturated rings. The molecular weight excluding hydrogens is 308 g/mol. The molecule has 2 N–H and O–H groups in total. The molecule has 1 aliphatic rings. The van der Waals surface area contributed by atoms with Crippen molar-refractivity contribution in [1.82, 2.24) is 10.9 Å². The quantitative estimate of drug-likeness (QED) is 0.816. The SMILES string of the molecule is O=C(NNC1=CCC(c2ccccc2)CC1)c1ccc(Cl)cc1. The van der Waals surface area contributed by atoms with Gasteiger partial charge in [-0.3, -0.25) is 10.2 Å². The van der Waals surface area contributed by atoms with Crippen LogP contribution in [0.5, 0.6) is 0 Å². The lowest BCUT2D eigenvalue weighted by Crippen LogP contribution is -2.37. The summed E-state index contributed by atoms with van der Waals surface area (Å²) in [5.74, 6) is 0.404. The Kier molecular flexibility index (Phi) is 4.99. The molecule has 118 valence electrons. The van der Waals surface area contributed by atoms with E-state index in [1.165, 1.54) is 5.56 Å². The highest BCUT2D eigenvalue weighted by molar-refractivity contribution is 6.30.